The highest BCUT2D eigenvalue weighted by Gasteiger charge is 2.15. The Morgan fingerprint density at radius 2 is 1.73 bits per heavy atom. The lowest BCUT2D eigenvalue weighted by molar-refractivity contribution is -0.132. The third-order valence-electron chi connectivity index (χ3n) is 3.94. The van der Waals surface area contributed by atoms with Crippen LogP contribution in [0, 0.1) is 6.92 Å². The molecule has 0 N–H and O–H groups in total. The van der Waals surface area contributed by atoms with E-state index in [1.54, 1.807) is 44.4 Å². The zero-order valence-electron chi connectivity index (χ0n) is 15.1. The highest BCUT2D eigenvalue weighted by Crippen LogP contribution is 2.32. The smallest absolute Gasteiger partial charge is 0.260 e. The summed E-state index contributed by atoms with van der Waals surface area (Å²) < 4.78 is 16.1. The Bertz CT molecular complexity index is 795. The average Bonchev–Trinajstić information content (AvgIpc) is 2.63. The molecule has 0 atom stereocenters. The molecule has 0 unspecified atom stereocenters. The van der Waals surface area contributed by atoms with Crippen molar-refractivity contribution >= 4 is 29.1 Å². The number of aryl methyl sites for hydroxylation is 1. The van der Waals surface area contributed by atoms with E-state index in [0.29, 0.717) is 33.8 Å². The first-order valence-electron chi connectivity index (χ1n) is 7.89. The van der Waals surface area contributed by atoms with Crippen LogP contribution < -0.4 is 14.2 Å². The molecule has 7 heteroatoms. The largest absolute Gasteiger partial charge is 0.493 e. The number of likely N-dealkylation sites (N-methyl/N-ethyl adjacent to an activating group) is 1. The van der Waals surface area contributed by atoms with Crippen molar-refractivity contribution in [1.29, 1.82) is 0 Å². The monoisotopic (exact) mass is 397 g/mol. The maximum atomic E-state index is 12.4. The zero-order valence-corrected chi connectivity index (χ0v) is 16.6. The molecule has 2 aromatic carbocycles. The maximum absolute atomic E-state index is 12.4. The summed E-state index contributed by atoms with van der Waals surface area (Å²) in [7, 11) is 4.88. The zero-order chi connectivity index (χ0) is 19.3. The topological polar surface area (TPSA) is 48.0 Å². The van der Waals surface area contributed by atoms with E-state index in [2.05, 4.69) is 0 Å². The van der Waals surface area contributed by atoms with Gasteiger partial charge in [0.05, 0.1) is 19.2 Å². The lowest BCUT2D eigenvalue weighted by Crippen LogP contribution is -2.31. The Kier molecular flexibility index (Phi) is 7.00. The number of carbonyl (C=O) groups excluding carboxylic acids is 1. The second-order valence-corrected chi connectivity index (χ2v) is 6.51. The predicted octanol–water partition coefficient (Wildman–Crippen LogP) is 4.36. The average molecular weight is 398 g/mol. The van der Waals surface area contributed by atoms with Crippen molar-refractivity contribution < 1.29 is 19.0 Å². The highest BCUT2D eigenvalue weighted by atomic mass is 35.5. The van der Waals surface area contributed by atoms with Gasteiger partial charge < -0.3 is 19.1 Å². The Hall–Kier alpha value is -2.11. The third kappa shape index (κ3) is 4.74. The van der Waals surface area contributed by atoms with Gasteiger partial charge in [-0.2, -0.15) is 0 Å². The molecule has 0 heterocycles. The van der Waals surface area contributed by atoms with Gasteiger partial charge in [0.2, 0.25) is 0 Å². The fraction of sp³-hybridized carbons (Fsp3) is 0.316. The first kappa shape index (κ1) is 20.2. The first-order valence-corrected chi connectivity index (χ1v) is 8.65. The van der Waals surface area contributed by atoms with Crippen molar-refractivity contribution in [2.75, 3.05) is 27.9 Å². The van der Waals surface area contributed by atoms with Crippen molar-refractivity contribution in [3.8, 4) is 17.2 Å². The van der Waals surface area contributed by atoms with Crippen LogP contribution in [0.15, 0.2) is 30.3 Å². The van der Waals surface area contributed by atoms with Crippen LogP contribution in [-0.4, -0.2) is 38.7 Å². The second kappa shape index (κ2) is 9.01. The molecule has 0 radical (unpaired) electrons. The molecule has 2 rings (SSSR count). The molecule has 0 spiro atoms. The molecule has 2 aromatic rings. The van der Waals surface area contributed by atoms with Crippen LogP contribution in [0.3, 0.4) is 0 Å². The summed E-state index contributed by atoms with van der Waals surface area (Å²) in [6, 6.07) is 8.79. The summed E-state index contributed by atoms with van der Waals surface area (Å²) in [4.78, 5) is 14.0. The molecule has 1 amide bonds. The third-order valence-corrected chi connectivity index (χ3v) is 4.74. The normalized spacial score (nSPS) is 10.4. The molecular weight excluding hydrogens is 377 g/mol. The van der Waals surface area contributed by atoms with Crippen molar-refractivity contribution in [3.05, 3.63) is 51.5 Å². The fourth-order valence-electron chi connectivity index (χ4n) is 2.38. The van der Waals surface area contributed by atoms with E-state index in [9.17, 15) is 4.79 Å². The van der Waals surface area contributed by atoms with Gasteiger partial charge in [0.15, 0.2) is 18.1 Å². The quantitative estimate of drug-likeness (QED) is 0.696. The lowest BCUT2D eigenvalue weighted by Gasteiger charge is -2.20. The Labute approximate surface area is 163 Å². The molecule has 0 saturated heterocycles. The van der Waals surface area contributed by atoms with Crippen molar-refractivity contribution in [2.45, 2.75) is 13.5 Å². The van der Waals surface area contributed by atoms with E-state index in [-0.39, 0.29) is 12.5 Å². The van der Waals surface area contributed by atoms with E-state index in [1.807, 2.05) is 19.1 Å². The van der Waals surface area contributed by atoms with E-state index in [0.717, 1.165) is 11.1 Å². The number of hydrogen-bond acceptors (Lipinski definition) is 4. The number of ether oxygens (including phenoxy) is 3. The molecular formula is C19H21Cl2NO4. The number of halogens is 2. The van der Waals surface area contributed by atoms with Gasteiger partial charge in [-0.1, -0.05) is 29.3 Å². The Morgan fingerprint density at radius 1 is 1.08 bits per heavy atom. The summed E-state index contributed by atoms with van der Waals surface area (Å²) in [5, 5.41) is 0.672. The van der Waals surface area contributed by atoms with Gasteiger partial charge in [-0.3, -0.25) is 4.79 Å². The molecule has 0 aliphatic rings. The summed E-state index contributed by atoms with van der Waals surface area (Å²) in [6.45, 7) is 2.23. The summed E-state index contributed by atoms with van der Waals surface area (Å²) in [5.74, 6) is 1.47. The minimum absolute atomic E-state index is 0.136. The molecule has 0 fully saturated rings. The van der Waals surface area contributed by atoms with Crippen LogP contribution in [-0.2, 0) is 11.3 Å². The number of methoxy groups -OCH3 is 2. The standard InChI is InChI=1S/C19H21Cl2NO4/c1-12-8-16(24-3)17(25-4)9-13(12)10-22(2)18(23)11-26-15-7-5-6-14(20)19(15)21/h5-9H,10-11H2,1-4H3. The predicted molar refractivity (Wildman–Crippen MR) is 103 cm³/mol. The van der Waals surface area contributed by atoms with Crippen LogP contribution in [0.25, 0.3) is 0 Å². The molecule has 0 saturated carbocycles. The molecule has 0 aliphatic carbocycles. The molecule has 26 heavy (non-hydrogen) atoms. The van der Waals surface area contributed by atoms with E-state index < -0.39 is 0 Å². The fourth-order valence-corrected chi connectivity index (χ4v) is 2.73. The number of carbonyl (C=O) groups is 1. The number of benzene rings is 2. The second-order valence-electron chi connectivity index (χ2n) is 5.72. The number of rotatable bonds is 7. The molecule has 0 aromatic heterocycles. The summed E-state index contributed by atoms with van der Waals surface area (Å²) >= 11 is 12.0. The highest BCUT2D eigenvalue weighted by molar-refractivity contribution is 6.42. The van der Waals surface area contributed by atoms with Gasteiger partial charge in [0, 0.05) is 13.6 Å². The minimum atomic E-state index is -0.185. The van der Waals surface area contributed by atoms with Crippen LogP contribution in [0.5, 0.6) is 17.2 Å². The maximum Gasteiger partial charge on any atom is 0.260 e. The van der Waals surface area contributed by atoms with Gasteiger partial charge in [-0.25, -0.2) is 0 Å². The van der Waals surface area contributed by atoms with Gasteiger partial charge in [-0.15, -0.1) is 0 Å². The van der Waals surface area contributed by atoms with Crippen LogP contribution >= 0.6 is 23.2 Å². The van der Waals surface area contributed by atoms with Crippen LogP contribution in [0.1, 0.15) is 11.1 Å². The SMILES string of the molecule is COc1cc(C)c(CN(C)C(=O)COc2cccc(Cl)c2Cl)cc1OC. The van der Waals surface area contributed by atoms with Gasteiger partial charge in [0.25, 0.3) is 5.91 Å². The number of hydrogen-bond donors (Lipinski definition) is 0. The molecule has 5 nitrogen and oxygen atoms in total. The van der Waals surface area contributed by atoms with Gasteiger partial charge in [-0.05, 0) is 42.3 Å². The lowest BCUT2D eigenvalue weighted by atomic mass is 10.1. The Morgan fingerprint density at radius 3 is 2.38 bits per heavy atom. The van der Waals surface area contributed by atoms with Crippen molar-refractivity contribution in [1.82, 2.24) is 4.90 Å². The number of amides is 1. The molecule has 140 valence electrons. The van der Waals surface area contributed by atoms with Gasteiger partial charge in [0.1, 0.15) is 10.8 Å². The minimum Gasteiger partial charge on any atom is -0.493 e. The summed E-state index contributed by atoms with van der Waals surface area (Å²) in [6.07, 6.45) is 0. The van der Waals surface area contributed by atoms with Crippen LogP contribution in [0.2, 0.25) is 10.0 Å². The van der Waals surface area contributed by atoms with Crippen LogP contribution in [0.4, 0.5) is 0 Å². The van der Waals surface area contributed by atoms with Crippen molar-refractivity contribution in [2.24, 2.45) is 0 Å². The Balaban J connectivity index is 2.04. The van der Waals surface area contributed by atoms with Crippen molar-refractivity contribution in [3.63, 3.8) is 0 Å². The van der Waals surface area contributed by atoms with E-state index in [1.165, 1.54) is 0 Å². The number of nitrogens with zero attached hydrogens (tertiary/aromatic N) is 1. The first-order chi connectivity index (χ1) is 12.4. The molecule has 0 bridgehead atoms. The molecule has 0 aliphatic heterocycles. The van der Waals surface area contributed by atoms with Gasteiger partial charge >= 0.3 is 0 Å². The van der Waals surface area contributed by atoms with E-state index in [4.69, 9.17) is 37.4 Å². The van der Waals surface area contributed by atoms with E-state index >= 15 is 0 Å². The summed E-state index contributed by atoms with van der Waals surface area (Å²) in [5.41, 5.74) is 1.96.